The van der Waals surface area contributed by atoms with Gasteiger partial charge < -0.3 is 23.7 Å². The highest BCUT2D eigenvalue weighted by Crippen LogP contribution is 2.41. The maximum Gasteiger partial charge on any atom is 0.303 e. The third-order valence-electron chi connectivity index (χ3n) is 6.72. The van der Waals surface area contributed by atoms with E-state index >= 15 is 0 Å². The van der Waals surface area contributed by atoms with Gasteiger partial charge in [0.1, 0.15) is 6.10 Å². The summed E-state index contributed by atoms with van der Waals surface area (Å²) in [4.78, 5) is 24.0. The summed E-state index contributed by atoms with van der Waals surface area (Å²) in [7, 11) is -2.98. The summed E-state index contributed by atoms with van der Waals surface area (Å²) < 4.78 is 24.1. The van der Waals surface area contributed by atoms with Crippen LogP contribution >= 0.6 is 15.9 Å². The number of alkyl halides is 1. The minimum Gasteiger partial charge on any atom is -0.456 e. The van der Waals surface area contributed by atoms with Gasteiger partial charge in [0.15, 0.2) is 22.8 Å². The molecule has 0 bridgehead atoms. The van der Waals surface area contributed by atoms with Gasteiger partial charge in [0, 0.05) is 20.3 Å². The van der Waals surface area contributed by atoms with E-state index in [2.05, 4.69) is 66.9 Å². The van der Waals surface area contributed by atoms with Gasteiger partial charge in [0.05, 0.1) is 6.61 Å². The number of rotatable bonds is 8. The number of benzene rings is 2. The molecule has 7 nitrogen and oxygen atoms in total. The second-order valence-electron chi connectivity index (χ2n) is 10.4. The Bertz CT molecular complexity index is 1110. The Balaban J connectivity index is 2.10. The molecule has 5 atom stereocenters. The zero-order valence-electron chi connectivity index (χ0n) is 22.3. The largest absolute Gasteiger partial charge is 0.456 e. The third-order valence-corrected chi connectivity index (χ3v) is 12.4. The highest BCUT2D eigenvalue weighted by molar-refractivity contribution is 9.09. The zero-order valence-corrected chi connectivity index (χ0v) is 24.9. The molecular formula is C29H35BrO7Si. The summed E-state index contributed by atoms with van der Waals surface area (Å²) in [5, 5.41) is 12.7. The number of halogens is 1. The zero-order chi connectivity index (χ0) is 28.1. The van der Waals surface area contributed by atoms with Crippen molar-refractivity contribution in [2.45, 2.75) is 75.0 Å². The molecule has 0 amide bonds. The van der Waals surface area contributed by atoms with Crippen LogP contribution in [0.5, 0.6) is 0 Å². The number of terminal acetylenes is 1. The Hall–Kier alpha value is -2.48. The van der Waals surface area contributed by atoms with Crippen molar-refractivity contribution in [3.8, 4) is 12.3 Å². The average molecular weight is 604 g/mol. The predicted molar refractivity (Wildman–Crippen MR) is 151 cm³/mol. The van der Waals surface area contributed by atoms with Gasteiger partial charge in [-0.15, -0.1) is 12.3 Å². The Morgan fingerprint density at radius 1 is 1.00 bits per heavy atom. The molecule has 0 aromatic heterocycles. The first-order chi connectivity index (χ1) is 17.9. The molecule has 204 valence electrons. The van der Waals surface area contributed by atoms with Gasteiger partial charge in [-0.2, -0.15) is 0 Å². The van der Waals surface area contributed by atoms with E-state index in [0.29, 0.717) is 0 Å². The molecule has 0 unspecified atom stereocenters. The lowest BCUT2D eigenvalue weighted by atomic mass is 9.82. The molecule has 1 saturated heterocycles. The summed E-state index contributed by atoms with van der Waals surface area (Å²) >= 11 is 3.40. The first kappa shape index (κ1) is 30.1. The molecule has 1 aliphatic heterocycles. The average Bonchev–Trinajstić information content (AvgIpc) is 2.85. The van der Waals surface area contributed by atoms with Gasteiger partial charge in [0.25, 0.3) is 8.32 Å². The van der Waals surface area contributed by atoms with Crippen molar-refractivity contribution in [1.82, 2.24) is 0 Å². The summed E-state index contributed by atoms with van der Waals surface area (Å²) in [5.74, 6) is 1.16. The lowest BCUT2D eigenvalue weighted by Gasteiger charge is -2.50. The van der Waals surface area contributed by atoms with Crippen LogP contribution in [0.25, 0.3) is 0 Å². The van der Waals surface area contributed by atoms with Crippen LogP contribution in [0.4, 0.5) is 0 Å². The van der Waals surface area contributed by atoms with Crippen molar-refractivity contribution in [2.24, 2.45) is 0 Å². The first-order valence-corrected chi connectivity index (χ1v) is 15.2. The predicted octanol–water partition coefficient (Wildman–Crippen LogP) is 3.30. The van der Waals surface area contributed by atoms with Crippen LogP contribution < -0.4 is 10.4 Å². The quantitative estimate of drug-likeness (QED) is 0.214. The molecule has 2 aromatic rings. The SMILES string of the molecule is C#CC[C@]1(O)[C@H](OC(C)=O)[C@@H](CO[Si](c2ccccc2)(c2ccccc2)C(C)(C)C)O[C@H](Br)[C@@H]1OC(C)=O. The van der Waals surface area contributed by atoms with Crippen molar-refractivity contribution >= 4 is 46.6 Å². The Labute approximate surface area is 234 Å². The first-order valence-electron chi connectivity index (χ1n) is 12.4. The Morgan fingerprint density at radius 2 is 1.47 bits per heavy atom. The van der Waals surface area contributed by atoms with Gasteiger partial charge >= 0.3 is 11.9 Å². The molecule has 3 rings (SSSR count). The van der Waals surface area contributed by atoms with Crippen LogP contribution in [0.3, 0.4) is 0 Å². The van der Waals surface area contributed by atoms with E-state index in [1.165, 1.54) is 13.8 Å². The van der Waals surface area contributed by atoms with E-state index in [0.717, 1.165) is 10.4 Å². The van der Waals surface area contributed by atoms with Crippen LogP contribution in [0.15, 0.2) is 60.7 Å². The number of ether oxygens (including phenoxy) is 3. The van der Waals surface area contributed by atoms with Gasteiger partial charge in [-0.1, -0.05) is 97.4 Å². The molecule has 9 heteroatoms. The summed E-state index contributed by atoms with van der Waals surface area (Å²) in [6.07, 6.45) is 1.96. The minimum atomic E-state index is -2.98. The highest BCUT2D eigenvalue weighted by atomic mass is 79.9. The second kappa shape index (κ2) is 12.1. The van der Waals surface area contributed by atoms with Crippen molar-refractivity contribution in [3.63, 3.8) is 0 Å². The number of carbonyl (C=O) groups is 2. The van der Waals surface area contributed by atoms with Crippen LogP contribution in [-0.2, 0) is 28.2 Å². The van der Waals surface area contributed by atoms with E-state index in [-0.39, 0.29) is 18.1 Å². The van der Waals surface area contributed by atoms with Crippen molar-refractivity contribution < 1.29 is 33.3 Å². The number of carbonyl (C=O) groups excluding carboxylic acids is 2. The molecule has 38 heavy (non-hydrogen) atoms. The molecule has 0 spiro atoms. The Kier molecular flexibility index (Phi) is 9.60. The number of aliphatic hydroxyl groups is 1. The molecule has 1 aliphatic rings. The Morgan fingerprint density at radius 3 is 1.89 bits per heavy atom. The van der Waals surface area contributed by atoms with Gasteiger partial charge in [-0.25, -0.2) is 0 Å². The molecule has 1 N–H and O–H groups in total. The third kappa shape index (κ3) is 6.05. The molecule has 1 fully saturated rings. The van der Waals surface area contributed by atoms with Gasteiger partial charge in [-0.05, 0) is 15.4 Å². The molecule has 0 radical (unpaired) electrons. The van der Waals surface area contributed by atoms with E-state index in [4.69, 9.17) is 25.1 Å². The number of hydrogen-bond acceptors (Lipinski definition) is 7. The van der Waals surface area contributed by atoms with Crippen molar-refractivity contribution in [1.29, 1.82) is 0 Å². The fraction of sp³-hybridized carbons (Fsp3) is 0.448. The monoisotopic (exact) mass is 602 g/mol. The summed E-state index contributed by atoms with van der Waals surface area (Å²) in [6, 6.07) is 20.1. The van der Waals surface area contributed by atoms with Crippen LogP contribution in [0, 0.1) is 12.3 Å². The molecule has 1 heterocycles. The molecule has 0 saturated carbocycles. The van der Waals surface area contributed by atoms with Crippen molar-refractivity contribution in [3.05, 3.63) is 60.7 Å². The standard InChI is InChI=1S/C29H35BrO7Si/c1-7-18-29(33)25(35-20(2)31)24(37-27(30)26(29)36-21(3)32)19-34-38(28(4,5)6,22-14-10-8-11-15-22)23-16-12-9-13-17-23/h1,8-17,24-27,33H,18-19H2,2-6H3/t24-,25-,26+,27+,29+/m1/s1. The fourth-order valence-electron chi connectivity index (χ4n) is 5.17. The smallest absolute Gasteiger partial charge is 0.303 e. The molecule has 2 aromatic carbocycles. The normalized spacial score (nSPS) is 25.7. The van der Waals surface area contributed by atoms with E-state index in [1.54, 1.807) is 0 Å². The maximum atomic E-state index is 12.2. The topological polar surface area (TPSA) is 91.3 Å². The van der Waals surface area contributed by atoms with E-state index in [1.807, 2.05) is 36.4 Å². The lowest BCUT2D eigenvalue weighted by Crippen LogP contribution is -2.70. The number of hydrogen-bond donors (Lipinski definition) is 1. The van der Waals surface area contributed by atoms with Crippen molar-refractivity contribution in [2.75, 3.05) is 6.61 Å². The summed E-state index contributed by atoms with van der Waals surface area (Å²) in [5.41, 5.74) is -1.92. The lowest BCUT2D eigenvalue weighted by molar-refractivity contribution is -0.264. The van der Waals surface area contributed by atoms with Crippen LogP contribution in [0.1, 0.15) is 41.0 Å². The van der Waals surface area contributed by atoms with Crippen LogP contribution in [0.2, 0.25) is 5.04 Å². The van der Waals surface area contributed by atoms with Gasteiger partial charge in [0.2, 0.25) is 0 Å². The summed E-state index contributed by atoms with van der Waals surface area (Å²) in [6.45, 7) is 8.86. The molecular weight excluding hydrogens is 568 g/mol. The van der Waals surface area contributed by atoms with E-state index < -0.39 is 49.2 Å². The minimum absolute atomic E-state index is 0.0208. The van der Waals surface area contributed by atoms with Crippen LogP contribution in [-0.4, -0.2) is 60.9 Å². The second-order valence-corrected chi connectivity index (χ2v) is 15.6. The molecule has 0 aliphatic carbocycles. The maximum absolute atomic E-state index is 12.2. The number of esters is 2. The highest BCUT2D eigenvalue weighted by Gasteiger charge is 2.60. The van der Waals surface area contributed by atoms with Gasteiger partial charge in [-0.3, -0.25) is 9.59 Å². The van der Waals surface area contributed by atoms with E-state index in [9.17, 15) is 14.7 Å². The fourth-order valence-corrected chi connectivity index (χ4v) is 10.6.